The van der Waals surface area contributed by atoms with E-state index in [2.05, 4.69) is 6.58 Å². The fourth-order valence-corrected chi connectivity index (χ4v) is 1.72. The molecule has 1 rings (SSSR count). The van der Waals surface area contributed by atoms with Crippen LogP contribution in [0.4, 0.5) is 0 Å². The predicted octanol–water partition coefficient (Wildman–Crippen LogP) is 2.11. The third kappa shape index (κ3) is 1.40. The molecule has 58 valence electrons. The molecule has 10 heavy (non-hydrogen) atoms. The molecule has 0 aromatic heterocycles. The summed E-state index contributed by atoms with van der Waals surface area (Å²) in [5.41, 5.74) is -0.472. The molecule has 2 atom stereocenters. The van der Waals surface area contributed by atoms with Crippen molar-refractivity contribution < 1.29 is 5.11 Å². The van der Waals surface area contributed by atoms with E-state index < -0.39 is 5.60 Å². The van der Waals surface area contributed by atoms with Crippen LogP contribution >= 0.6 is 0 Å². The topological polar surface area (TPSA) is 20.2 Å². The first-order valence-corrected chi connectivity index (χ1v) is 4.02. The van der Waals surface area contributed by atoms with Crippen molar-refractivity contribution >= 4 is 0 Å². The van der Waals surface area contributed by atoms with Crippen LogP contribution in [0.2, 0.25) is 0 Å². The molecular formula is C9H16O. The molecule has 1 saturated carbocycles. The molecule has 1 N–H and O–H groups in total. The van der Waals surface area contributed by atoms with Crippen LogP contribution in [0.3, 0.4) is 0 Å². The fraction of sp³-hybridized carbons (Fsp3) is 0.778. The first-order chi connectivity index (χ1) is 4.67. The molecule has 1 nitrogen and oxygen atoms in total. The average Bonchev–Trinajstić information content (AvgIpc) is 1.87. The maximum absolute atomic E-state index is 9.76. The van der Waals surface area contributed by atoms with Crippen LogP contribution in [0.15, 0.2) is 12.7 Å². The van der Waals surface area contributed by atoms with E-state index in [1.165, 1.54) is 6.42 Å². The molecule has 0 aromatic rings. The van der Waals surface area contributed by atoms with Gasteiger partial charge in [0.15, 0.2) is 0 Å². The summed E-state index contributed by atoms with van der Waals surface area (Å²) in [5.74, 6) is 0.321. The monoisotopic (exact) mass is 140 g/mol. The fourth-order valence-electron chi connectivity index (χ4n) is 1.72. The molecule has 0 unspecified atom stereocenters. The van der Waals surface area contributed by atoms with Gasteiger partial charge in [0.05, 0.1) is 5.60 Å². The van der Waals surface area contributed by atoms with Crippen molar-refractivity contribution in [2.45, 2.75) is 38.2 Å². The number of aliphatic hydroxyl groups is 1. The standard InChI is InChI=1S/C9H16O/c1-3-8-6-4-5-7-9(8,2)10/h3,8,10H,1,4-7H2,2H3/t8-,9-/m1/s1. The summed E-state index contributed by atoms with van der Waals surface area (Å²) in [7, 11) is 0. The molecule has 0 heterocycles. The summed E-state index contributed by atoms with van der Waals surface area (Å²) < 4.78 is 0. The molecule has 0 bridgehead atoms. The third-order valence-corrected chi connectivity index (χ3v) is 2.53. The van der Waals surface area contributed by atoms with Gasteiger partial charge in [-0.2, -0.15) is 0 Å². The Hall–Kier alpha value is -0.300. The van der Waals surface area contributed by atoms with E-state index >= 15 is 0 Å². The van der Waals surface area contributed by atoms with E-state index in [-0.39, 0.29) is 0 Å². The SMILES string of the molecule is C=C[C@@H]1CCCC[C@@]1(C)O. The van der Waals surface area contributed by atoms with E-state index in [9.17, 15) is 5.11 Å². The van der Waals surface area contributed by atoms with Crippen LogP contribution in [0.1, 0.15) is 32.6 Å². The van der Waals surface area contributed by atoms with Crippen molar-refractivity contribution in [3.8, 4) is 0 Å². The molecule has 1 aliphatic carbocycles. The smallest absolute Gasteiger partial charge is 0.0681 e. The average molecular weight is 140 g/mol. The minimum Gasteiger partial charge on any atom is -0.390 e. The minimum atomic E-state index is -0.472. The van der Waals surface area contributed by atoms with Gasteiger partial charge in [0, 0.05) is 5.92 Å². The second kappa shape index (κ2) is 2.75. The van der Waals surface area contributed by atoms with Gasteiger partial charge in [-0.05, 0) is 19.8 Å². The Bertz CT molecular complexity index is 127. The summed E-state index contributed by atoms with van der Waals surface area (Å²) in [6.45, 7) is 5.64. The van der Waals surface area contributed by atoms with Crippen molar-refractivity contribution in [1.82, 2.24) is 0 Å². The second-order valence-corrected chi connectivity index (χ2v) is 3.45. The van der Waals surface area contributed by atoms with Gasteiger partial charge in [-0.3, -0.25) is 0 Å². The first-order valence-electron chi connectivity index (χ1n) is 4.02. The Balaban J connectivity index is 2.59. The highest BCUT2D eigenvalue weighted by molar-refractivity contribution is 4.95. The molecule has 0 radical (unpaired) electrons. The highest BCUT2D eigenvalue weighted by Crippen LogP contribution is 2.33. The Kier molecular flexibility index (Phi) is 2.14. The summed E-state index contributed by atoms with van der Waals surface area (Å²) in [4.78, 5) is 0. The van der Waals surface area contributed by atoms with Gasteiger partial charge in [0.25, 0.3) is 0 Å². The molecule has 0 amide bonds. The largest absolute Gasteiger partial charge is 0.390 e. The summed E-state index contributed by atoms with van der Waals surface area (Å²) >= 11 is 0. The van der Waals surface area contributed by atoms with Gasteiger partial charge in [-0.15, -0.1) is 6.58 Å². The van der Waals surface area contributed by atoms with Crippen molar-refractivity contribution in [2.24, 2.45) is 5.92 Å². The lowest BCUT2D eigenvalue weighted by molar-refractivity contribution is -0.0120. The normalized spacial score (nSPS) is 41.2. The summed E-state index contributed by atoms with van der Waals surface area (Å²) in [6, 6.07) is 0. The zero-order chi connectivity index (χ0) is 7.61. The molecule has 1 aliphatic rings. The molecule has 1 fully saturated rings. The van der Waals surface area contributed by atoms with Gasteiger partial charge >= 0.3 is 0 Å². The highest BCUT2D eigenvalue weighted by atomic mass is 16.3. The molecule has 0 aliphatic heterocycles. The van der Waals surface area contributed by atoms with Gasteiger partial charge in [0.1, 0.15) is 0 Å². The lowest BCUT2D eigenvalue weighted by Gasteiger charge is -2.35. The van der Waals surface area contributed by atoms with E-state index in [1.54, 1.807) is 0 Å². The minimum absolute atomic E-state index is 0.321. The lowest BCUT2D eigenvalue weighted by Crippen LogP contribution is -2.35. The van der Waals surface area contributed by atoms with Crippen LogP contribution in [0.25, 0.3) is 0 Å². The number of rotatable bonds is 1. The maximum Gasteiger partial charge on any atom is 0.0681 e. The van der Waals surface area contributed by atoms with Crippen LogP contribution < -0.4 is 0 Å². The number of hydrogen-bond donors (Lipinski definition) is 1. The summed E-state index contributed by atoms with van der Waals surface area (Å²) in [5, 5.41) is 9.76. The van der Waals surface area contributed by atoms with E-state index in [0.29, 0.717) is 5.92 Å². The van der Waals surface area contributed by atoms with Crippen molar-refractivity contribution in [1.29, 1.82) is 0 Å². The third-order valence-electron chi connectivity index (χ3n) is 2.53. The zero-order valence-electron chi connectivity index (χ0n) is 6.64. The predicted molar refractivity (Wildman–Crippen MR) is 42.8 cm³/mol. The van der Waals surface area contributed by atoms with E-state index in [4.69, 9.17) is 0 Å². The molecular weight excluding hydrogens is 124 g/mol. The van der Waals surface area contributed by atoms with Crippen molar-refractivity contribution in [2.75, 3.05) is 0 Å². The second-order valence-electron chi connectivity index (χ2n) is 3.45. The van der Waals surface area contributed by atoms with E-state index in [0.717, 1.165) is 19.3 Å². The van der Waals surface area contributed by atoms with Gasteiger partial charge in [-0.25, -0.2) is 0 Å². The van der Waals surface area contributed by atoms with Gasteiger partial charge in [0.2, 0.25) is 0 Å². The Morgan fingerprint density at radius 2 is 2.30 bits per heavy atom. The highest BCUT2D eigenvalue weighted by Gasteiger charge is 2.31. The molecule has 0 aromatic carbocycles. The quantitative estimate of drug-likeness (QED) is 0.553. The van der Waals surface area contributed by atoms with Crippen LogP contribution in [-0.2, 0) is 0 Å². The Morgan fingerprint density at radius 3 is 2.70 bits per heavy atom. The molecule has 0 saturated heterocycles. The van der Waals surface area contributed by atoms with Crippen LogP contribution in [0, 0.1) is 5.92 Å². The Morgan fingerprint density at radius 1 is 1.60 bits per heavy atom. The lowest BCUT2D eigenvalue weighted by atomic mass is 9.77. The van der Waals surface area contributed by atoms with Gasteiger partial charge < -0.3 is 5.11 Å². The van der Waals surface area contributed by atoms with Crippen molar-refractivity contribution in [3.05, 3.63) is 12.7 Å². The Labute approximate surface area is 62.8 Å². The molecule has 0 spiro atoms. The van der Waals surface area contributed by atoms with E-state index in [1.807, 2.05) is 13.0 Å². The van der Waals surface area contributed by atoms with Crippen LogP contribution in [0.5, 0.6) is 0 Å². The van der Waals surface area contributed by atoms with Crippen molar-refractivity contribution in [3.63, 3.8) is 0 Å². The zero-order valence-corrected chi connectivity index (χ0v) is 6.64. The molecule has 1 heteroatoms. The van der Waals surface area contributed by atoms with Crippen LogP contribution in [-0.4, -0.2) is 10.7 Å². The van der Waals surface area contributed by atoms with Gasteiger partial charge in [-0.1, -0.05) is 18.9 Å². The first kappa shape index (κ1) is 7.80. The number of hydrogen-bond acceptors (Lipinski definition) is 1. The summed E-state index contributed by atoms with van der Waals surface area (Å²) in [6.07, 6.45) is 6.34. The maximum atomic E-state index is 9.76.